The number of hydrogen-bond acceptors (Lipinski definition) is 7. The number of benzene rings is 1. The second-order valence-electron chi connectivity index (χ2n) is 9.17. The van der Waals surface area contributed by atoms with Crippen molar-refractivity contribution in [2.75, 3.05) is 7.11 Å². The molecule has 1 aromatic carbocycles. The molecule has 0 radical (unpaired) electrons. The van der Waals surface area contributed by atoms with Crippen LogP contribution in [0.25, 0.3) is 10.9 Å². The SMILES string of the molecule is COc1nccc(C(O)c2cc3ccccc3n2S(=O)(=O)c2cccnc2)c1C(=O)N(C(C)C)C(C)C. The first-order valence-corrected chi connectivity index (χ1v) is 13.3. The lowest BCUT2D eigenvalue weighted by atomic mass is 9.99. The molecule has 0 saturated carbocycles. The van der Waals surface area contributed by atoms with Crippen molar-refractivity contribution in [3.63, 3.8) is 0 Å². The summed E-state index contributed by atoms with van der Waals surface area (Å²) in [4.78, 5) is 23.6. The minimum atomic E-state index is -4.15. The highest BCUT2D eigenvalue weighted by molar-refractivity contribution is 7.90. The topological polar surface area (TPSA) is 115 Å². The number of aliphatic hydroxyl groups is 1. The molecule has 4 aromatic rings. The molecule has 0 aliphatic heterocycles. The average Bonchev–Trinajstić information content (AvgIpc) is 3.28. The maximum absolute atomic E-state index is 13.8. The van der Waals surface area contributed by atoms with Gasteiger partial charge < -0.3 is 14.7 Å². The largest absolute Gasteiger partial charge is 0.480 e. The van der Waals surface area contributed by atoms with Crippen LogP contribution in [-0.4, -0.2) is 57.5 Å². The molecule has 0 aliphatic rings. The fourth-order valence-electron chi connectivity index (χ4n) is 4.62. The van der Waals surface area contributed by atoms with Crippen molar-refractivity contribution in [3.8, 4) is 5.88 Å². The van der Waals surface area contributed by atoms with E-state index in [-0.39, 0.29) is 45.6 Å². The standard InChI is InChI=1S/C27H30N4O5S/c1-17(2)30(18(3)4)27(33)24-21(12-14-29-26(24)36-5)25(32)23-15-19-9-6-7-11-22(19)31(23)37(34,35)20-10-8-13-28-16-20/h6-18,25,32H,1-5H3. The number of para-hydroxylation sites is 1. The number of ether oxygens (including phenoxy) is 1. The highest BCUT2D eigenvalue weighted by atomic mass is 32.2. The first kappa shape index (κ1) is 26.3. The van der Waals surface area contributed by atoms with Crippen molar-refractivity contribution in [2.24, 2.45) is 0 Å². The van der Waals surface area contributed by atoms with Crippen LogP contribution in [0.4, 0.5) is 0 Å². The number of pyridine rings is 2. The van der Waals surface area contributed by atoms with E-state index < -0.39 is 16.1 Å². The zero-order valence-electron chi connectivity index (χ0n) is 21.4. The predicted molar refractivity (Wildman–Crippen MR) is 140 cm³/mol. The van der Waals surface area contributed by atoms with Crippen LogP contribution in [0, 0.1) is 0 Å². The Morgan fingerprint density at radius 3 is 2.35 bits per heavy atom. The summed E-state index contributed by atoms with van der Waals surface area (Å²) in [5.41, 5.74) is 0.734. The first-order chi connectivity index (χ1) is 17.6. The number of aliphatic hydroxyl groups excluding tert-OH is 1. The highest BCUT2D eigenvalue weighted by Crippen LogP contribution is 2.36. The quantitative estimate of drug-likeness (QED) is 0.372. The van der Waals surface area contributed by atoms with Crippen molar-refractivity contribution in [1.29, 1.82) is 0 Å². The molecule has 37 heavy (non-hydrogen) atoms. The van der Waals surface area contributed by atoms with Crippen LogP contribution in [0.1, 0.15) is 55.4 Å². The summed E-state index contributed by atoms with van der Waals surface area (Å²) >= 11 is 0. The molecule has 0 spiro atoms. The third-order valence-corrected chi connectivity index (χ3v) is 7.87. The molecule has 194 valence electrons. The van der Waals surface area contributed by atoms with Gasteiger partial charge in [-0.2, -0.15) is 0 Å². The van der Waals surface area contributed by atoms with E-state index >= 15 is 0 Å². The predicted octanol–water partition coefficient (Wildman–Crippen LogP) is 4.02. The minimum absolute atomic E-state index is 0.0285. The van der Waals surface area contributed by atoms with E-state index in [9.17, 15) is 18.3 Å². The zero-order chi connectivity index (χ0) is 26.9. The Morgan fingerprint density at radius 2 is 1.73 bits per heavy atom. The van der Waals surface area contributed by atoms with Crippen molar-refractivity contribution in [3.05, 3.63) is 83.9 Å². The smallest absolute Gasteiger partial charge is 0.270 e. The van der Waals surface area contributed by atoms with Gasteiger partial charge in [-0.1, -0.05) is 18.2 Å². The van der Waals surface area contributed by atoms with E-state index in [1.165, 1.54) is 43.9 Å². The van der Waals surface area contributed by atoms with Gasteiger partial charge in [-0.3, -0.25) is 9.78 Å². The van der Waals surface area contributed by atoms with Gasteiger partial charge in [-0.25, -0.2) is 17.4 Å². The summed E-state index contributed by atoms with van der Waals surface area (Å²) in [6.07, 6.45) is 2.68. The van der Waals surface area contributed by atoms with Gasteiger partial charge in [0.05, 0.1) is 18.3 Å². The molecule has 3 aromatic heterocycles. The fraction of sp³-hybridized carbons (Fsp3) is 0.296. The normalized spacial score (nSPS) is 12.8. The minimum Gasteiger partial charge on any atom is -0.480 e. The van der Waals surface area contributed by atoms with Crippen LogP contribution in [0.3, 0.4) is 0 Å². The van der Waals surface area contributed by atoms with Crippen LogP contribution >= 0.6 is 0 Å². The molecule has 0 bridgehead atoms. The number of fused-ring (bicyclic) bond motifs is 1. The second kappa shape index (κ2) is 10.3. The number of nitrogens with zero attached hydrogens (tertiary/aromatic N) is 4. The number of amides is 1. The number of methoxy groups -OCH3 is 1. The van der Waals surface area contributed by atoms with Crippen molar-refractivity contribution in [1.82, 2.24) is 18.8 Å². The molecule has 4 rings (SSSR count). The molecular formula is C27H30N4O5S. The molecule has 9 nitrogen and oxygen atoms in total. The Balaban J connectivity index is 1.98. The Hall–Kier alpha value is -3.76. The molecule has 10 heteroatoms. The summed E-state index contributed by atoms with van der Waals surface area (Å²) < 4.78 is 34.1. The maximum atomic E-state index is 13.8. The van der Waals surface area contributed by atoms with Crippen LogP contribution < -0.4 is 4.74 Å². The average molecular weight is 523 g/mol. The van der Waals surface area contributed by atoms with Gasteiger partial charge in [-0.05, 0) is 58.0 Å². The molecule has 3 heterocycles. The highest BCUT2D eigenvalue weighted by Gasteiger charge is 2.33. The summed E-state index contributed by atoms with van der Waals surface area (Å²) in [5.74, 6) is -0.326. The van der Waals surface area contributed by atoms with Crippen molar-refractivity contribution >= 4 is 26.8 Å². The van der Waals surface area contributed by atoms with E-state index in [1.54, 1.807) is 35.2 Å². The molecule has 0 aliphatic carbocycles. The number of aromatic nitrogens is 3. The molecular weight excluding hydrogens is 492 g/mol. The molecule has 1 N–H and O–H groups in total. The van der Waals surface area contributed by atoms with Crippen molar-refractivity contribution in [2.45, 2.75) is 50.8 Å². The lowest BCUT2D eigenvalue weighted by Gasteiger charge is -2.32. The number of hydrogen-bond donors (Lipinski definition) is 1. The lowest BCUT2D eigenvalue weighted by molar-refractivity contribution is 0.0633. The molecule has 1 unspecified atom stereocenters. The third kappa shape index (κ3) is 4.70. The fourth-order valence-corrected chi connectivity index (χ4v) is 6.13. The number of rotatable bonds is 8. The zero-order valence-corrected chi connectivity index (χ0v) is 22.2. The Morgan fingerprint density at radius 1 is 1.03 bits per heavy atom. The molecule has 1 amide bonds. The van der Waals surface area contributed by atoms with Crippen LogP contribution in [0.5, 0.6) is 5.88 Å². The van der Waals surface area contributed by atoms with Crippen LogP contribution in [0.15, 0.2) is 72.0 Å². The van der Waals surface area contributed by atoms with Gasteiger partial charge in [0.2, 0.25) is 5.88 Å². The summed E-state index contributed by atoms with van der Waals surface area (Å²) in [7, 11) is -2.75. The Bertz CT molecular complexity index is 1520. The maximum Gasteiger partial charge on any atom is 0.270 e. The van der Waals surface area contributed by atoms with Gasteiger partial charge in [0.1, 0.15) is 16.6 Å². The summed E-state index contributed by atoms with van der Waals surface area (Å²) in [5, 5.41) is 12.4. The summed E-state index contributed by atoms with van der Waals surface area (Å²) in [6.45, 7) is 7.59. The number of carbonyl (C=O) groups excluding carboxylic acids is 1. The molecule has 1 atom stereocenters. The van der Waals surface area contributed by atoms with E-state index in [2.05, 4.69) is 9.97 Å². The first-order valence-electron chi connectivity index (χ1n) is 11.9. The molecule has 0 fully saturated rings. The number of carbonyl (C=O) groups is 1. The third-order valence-electron chi connectivity index (χ3n) is 6.14. The van der Waals surface area contributed by atoms with Gasteiger partial charge in [0.15, 0.2) is 0 Å². The van der Waals surface area contributed by atoms with Gasteiger partial charge in [-0.15, -0.1) is 0 Å². The van der Waals surface area contributed by atoms with Gasteiger partial charge in [0, 0.05) is 41.6 Å². The Kier molecular flexibility index (Phi) is 7.33. The molecule has 0 saturated heterocycles. The van der Waals surface area contributed by atoms with E-state index in [0.717, 1.165) is 3.97 Å². The Labute approximate surface area is 216 Å². The van der Waals surface area contributed by atoms with Gasteiger partial charge in [0.25, 0.3) is 15.9 Å². The lowest BCUT2D eigenvalue weighted by Crippen LogP contribution is -2.42. The van der Waals surface area contributed by atoms with Gasteiger partial charge >= 0.3 is 0 Å². The van der Waals surface area contributed by atoms with Crippen molar-refractivity contribution < 1.29 is 23.1 Å². The van der Waals surface area contributed by atoms with E-state index in [0.29, 0.717) is 10.9 Å². The van der Waals surface area contributed by atoms with E-state index in [1.807, 2.05) is 27.7 Å². The monoisotopic (exact) mass is 522 g/mol. The van der Waals surface area contributed by atoms with E-state index in [4.69, 9.17) is 4.74 Å². The van der Waals surface area contributed by atoms with Crippen LogP contribution in [-0.2, 0) is 10.0 Å². The van der Waals surface area contributed by atoms with Crippen LogP contribution in [0.2, 0.25) is 0 Å². The summed E-state index contributed by atoms with van der Waals surface area (Å²) in [6, 6.07) is 12.8. The second-order valence-corrected chi connectivity index (χ2v) is 11.0.